The molecule has 154 valence electrons. The number of nitrogens with zero attached hydrogens (tertiary/aromatic N) is 3. The minimum absolute atomic E-state index is 0.127. The van der Waals surface area contributed by atoms with E-state index < -0.39 is 0 Å². The van der Waals surface area contributed by atoms with Crippen molar-refractivity contribution in [3.05, 3.63) is 60.2 Å². The molecule has 2 aromatic heterocycles. The van der Waals surface area contributed by atoms with Crippen molar-refractivity contribution in [1.82, 2.24) is 20.4 Å². The average molecular weight is 426 g/mol. The number of rotatable bonds is 9. The molecule has 1 amide bonds. The molecule has 4 rings (SSSR count). The van der Waals surface area contributed by atoms with Crippen molar-refractivity contribution in [3.63, 3.8) is 0 Å². The topological polar surface area (TPSA) is 113 Å². The van der Waals surface area contributed by atoms with E-state index in [1.165, 1.54) is 11.8 Å². The number of carbonyl (C=O) groups is 1. The Morgan fingerprint density at radius 2 is 1.90 bits per heavy atom. The monoisotopic (exact) mass is 426 g/mol. The van der Waals surface area contributed by atoms with Crippen LogP contribution < -0.4 is 14.8 Å². The molecule has 0 spiro atoms. The number of para-hydroxylation sites is 2. The number of fused-ring (bicyclic) bond motifs is 1. The second kappa shape index (κ2) is 9.31. The molecule has 0 atom stereocenters. The van der Waals surface area contributed by atoms with Gasteiger partial charge in [0.1, 0.15) is 17.0 Å². The van der Waals surface area contributed by atoms with Gasteiger partial charge >= 0.3 is 0 Å². The maximum absolute atomic E-state index is 12.0. The van der Waals surface area contributed by atoms with Crippen LogP contribution >= 0.6 is 11.8 Å². The summed E-state index contributed by atoms with van der Waals surface area (Å²) in [6.45, 7) is 0.278. The molecule has 0 unspecified atom stereocenters. The molecule has 2 aromatic carbocycles. The number of nitrogens with one attached hydrogen (secondary N) is 1. The Morgan fingerprint density at radius 1 is 1.10 bits per heavy atom. The van der Waals surface area contributed by atoms with Gasteiger partial charge < -0.3 is 23.7 Å². The van der Waals surface area contributed by atoms with Crippen LogP contribution in [0.25, 0.3) is 11.1 Å². The number of methoxy groups -OCH3 is 1. The van der Waals surface area contributed by atoms with Crippen LogP contribution in [-0.2, 0) is 17.9 Å². The molecule has 0 radical (unpaired) electrons. The number of carbonyl (C=O) groups excluding carboxylic acids is 1. The first-order chi connectivity index (χ1) is 14.7. The van der Waals surface area contributed by atoms with E-state index in [1.54, 1.807) is 31.4 Å². The molecule has 0 aliphatic heterocycles. The van der Waals surface area contributed by atoms with Gasteiger partial charge in [-0.2, -0.15) is 4.98 Å². The van der Waals surface area contributed by atoms with Crippen molar-refractivity contribution in [2.45, 2.75) is 18.4 Å². The van der Waals surface area contributed by atoms with Crippen molar-refractivity contribution in [3.8, 4) is 11.5 Å². The smallest absolute Gasteiger partial charge is 0.257 e. The molecule has 0 aliphatic rings. The van der Waals surface area contributed by atoms with E-state index in [2.05, 4.69) is 20.4 Å². The first-order valence-electron chi connectivity index (χ1n) is 9.03. The number of oxazole rings is 1. The van der Waals surface area contributed by atoms with Crippen LogP contribution in [-0.4, -0.2) is 33.9 Å². The maximum atomic E-state index is 12.0. The van der Waals surface area contributed by atoms with Crippen LogP contribution in [0.4, 0.5) is 0 Å². The van der Waals surface area contributed by atoms with Crippen molar-refractivity contribution in [1.29, 1.82) is 0 Å². The molecule has 1 N–H and O–H groups in total. The quantitative estimate of drug-likeness (QED) is 0.403. The van der Waals surface area contributed by atoms with E-state index in [9.17, 15) is 4.79 Å². The molecule has 9 nitrogen and oxygen atoms in total. The van der Waals surface area contributed by atoms with Gasteiger partial charge in [-0.15, -0.1) is 0 Å². The van der Waals surface area contributed by atoms with Gasteiger partial charge in [0.05, 0.1) is 19.4 Å². The van der Waals surface area contributed by atoms with Crippen LogP contribution in [0.1, 0.15) is 11.7 Å². The summed E-state index contributed by atoms with van der Waals surface area (Å²) in [5.41, 5.74) is 1.45. The molecule has 30 heavy (non-hydrogen) atoms. The largest absolute Gasteiger partial charge is 0.497 e. The molecule has 0 aliphatic carbocycles. The summed E-state index contributed by atoms with van der Waals surface area (Å²) in [4.78, 5) is 20.6. The summed E-state index contributed by atoms with van der Waals surface area (Å²) >= 11 is 1.22. The van der Waals surface area contributed by atoms with Crippen LogP contribution in [0.3, 0.4) is 0 Å². The summed E-state index contributed by atoms with van der Waals surface area (Å²) in [7, 11) is 1.60. The second-order valence-electron chi connectivity index (χ2n) is 6.08. The average Bonchev–Trinajstić information content (AvgIpc) is 3.41. The third-order valence-electron chi connectivity index (χ3n) is 3.98. The van der Waals surface area contributed by atoms with Gasteiger partial charge in [-0.25, -0.2) is 4.98 Å². The number of hydrogen-bond acceptors (Lipinski definition) is 9. The second-order valence-corrected chi connectivity index (χ2v) is 7.01. The molecule has 0 bridgehead atoms. The van der Waals surface area contributed by atoms with Gasteiger partial charge in [0.25, 0.3) is 5.22 Å². The van der Waals surface area contributed by atoms with Gasteiger partial charge in [0.15, 0.2) is 12.2 Å². The number of hydrogen-bond donors (Lipinski definition) is 1. The lowest BCUT2D eigenvalue weighted by molar-refractivity contribution is -0.118. The molecule has 4 aromatic rings. The van der Waals surface area contributed by atoms with Crippen molar-refractivity contribution < 1.29 is 23.2 Å². The minimum atomic E-state index is -0.198. The zero-order valence-electron chi connectivity index (χ0n) is 16.0. The van der Waals surface area contributed by atoms with Crippen molar-refractivity contribution in [2.75, 3.05) is 12.9 Å². The number of ether oxygens (including phenoxy) is 2. The Labute approximate surface area is 175 Å². The Balaban J connectivity index is 1.21. The highest BCUT2D eigenvalue weighted by Crippen LogP contribution is 2.23. The zero-order chi connectivity index (χ0) is 20.8. The van der Waals surface area contributed by atoms with Gasteiger partial charge in [-0.1, -0.05) is 29.1 Å². The molecular formula is C20H18N4O5S. The summed E-state index contributed by atoms with van der Waals surface area (Å²) in [5, 5.41) is 7.01. The number of amides is 1. The summed E-state index contributed by atoms with van der Waals surface area (Å²) in [6, 6.07) is 14.6. The fraction of sp³-hybridized carbons (Fsp3) is 0.200. The van der Waals surface area contributed by atoms with Crippen LogP contribution in [0.15, 0.2) is 62.7 Å². The van der Waals surface area contributed by atoms with E-state index in [-0.39, 0.29) is 24.8 Å². The summed E-state index contributed by atoms with van der Waals surface area (Å²) in [5.74, 6) is 2.05. The van der Waals surface area contributed by atoms with Crippen LogP contribution in [0.5, 0.6) is 11.5 Å². The van der Waals surface area contributed by atoms with Crippen molar-refractivity contribution in [2.24, 2.45) is 0 Å². The van der Waals surface area contributed by atoms with E-state index in [1.807, 2.05) is 24.3 Å². The normalized spacial score (nSPS) is 10.8. The predicted octanol–water partition coefficient (Wildman–Crippen LogP) is 3.21. The van der Waals surface area contributed by atoms with Crippen LogP contribution in [0.2, 0.25) is 0 Å². The minimum Gasteiger partial charge on any atom is -0.497 e. The van der Waals surface area contributed by atoms with Gasteiger partial charge in [0, 0.05) is 0 Å². The highest BCUT2D eigenvalue weighted by molar-refractivity contribution is 7.99. The SMILES string of the molecule is COc1ccc(OCc2noc(CNC(=O)CSc3nc4ccccc4o3)n2)cc1. The fourth-order valence-corrected chi connectivity index (χ4v) is 3.17. The molecule has 0 fully saturated rings. The third kappa shape index (κ3) is 5.09. The number of aromatic nitrogens is 3. The Bertz CT molecular complexity index is 1090. The van der Waals surface area contributed by atoms with E-state index in [4.69, 9.17) is 18.4 Å². The van der Waals surface area contributed by atoms with Crippen LogP contribution in [0, 0.1) is 0 Å². The Kier molecular flexibility index (Phi) is 6.14. The van der Waals surface area contributed by atoms with E-state index >= 15 is 0 Å². The fourth-order valence-electron chi connectivity index (χ4n) is 2.51. The zero-order valence-corrected chi connectivity index (χ0v) is 16.8. The maximum Gasteiger partial charge on any atom is 0.257 e. The lowest BCUT2D eigenvalue weighted by Crippen LogP contribution is -2.24. The summed E-state index contributed by atoms with van der Waals surface area (Å²) in [6.07, 6.45) is 0. The highest BCUT2D eigenvalue weighted by Gasteiger charge is 2.11. The van der Waals surface area contributed by atoms with Gasteiger partial charge in [0.2, 0.25) is 17.6 Å². The molecule has 2 heterocycles. The van der Waals surface area contributed by atoms with Crippen molar-refractivity contribution >= 4 is 28.8 Å². The lowest BCUT2D eigenvalue weighted by atomic mass is 10.3. The lowest BCUT2D eigenvalue weighted by Gasteiger charge is -2.04. The molecular weight excluding hydrogens is 408 g/mol. The van der Waals surface area contributed by atoms with Gasteiger partial charge in [-0.3, -0.25) is 4.79 Å². The highest BCUT2D eigenvalue weighted by atomic mass is 32.2. The molecule has 0 saturated heterocycles. The Hall–Kier alpha value is -3.53. The Morgan fingerprint density at radius 3 is 2.70 bits per heavy atom. The van der Waals surface area contributed by atoms with Gasteiger partial charge in [-0.05, 0) is 36.4 Å². The molecule has 0 saturated carbocycles. The number of benzene rings is 2. The standard InChI is InChI=1S/C20H18N4O5S/c1-26-13-6-8-14(9-7-13)27-11-17-23-19(29-24-17)10-21-18(25)12-30-20-22-15-4-2-3-5-16(15)28-20/h2-9H,10-12H2,1H3,(H,21,25). The summed E-state index contributed by atoms with van der Waals surface area (Å²) < 4.78 is 21.4. The number of thioether (sulfide) groups is 1. The van der Waals surface area contributed by atoms with E-state index in [0.29, 0.717) is 28.3 Å². The first kappa shape index (κ1) is 19.8. The first-order valence-corrected chi connectivity index (χ1v) is 10.0. The van der Waals surface area contributed by atoms with E-state index in [0.717, 1.165) is 11.3 Å². The predicted molar refractivity (Wildman–Crippen MR) is 108 cm³/mol. The molecule has 10 heteroatoms. The third-order valence-corrected chi connectivity index (χ3v) is 4.80.